The SMILES string of the molecule is Cc1noc(C)c1CNC(=O)c1cc2cc(N)ccc2s1. The Morgan fingerprint density at radius 3 is 2.90 bits per heavy atom. The van der Waals surface area contributed by atoms with Crippen molar-refractivity contribution in [2.24, 2.45) is 0 Å². The first kappa shape index (κ1) is 13.6. The van der Waals surface area contributed by atoms with Crippen molar-refractivity contribution in [1.82, 2.24) is 10.5 Å². The number of benzene rings is 1. The number of amides is 1. The molecule has 0 aliphatic carbocycles. The van der Waals surface area contributed by atoms with E-state index >= 15 is 0 Å². The van der Waals surface area contributed by atoms with Crippen LogP contribution in [0.15, 0.2) is 28.8 Å². The number of fused-ring (bicyclic) bond motifs is 1. The van der Waals surface area contributed by atoms with E-state index in [0.717, 1.165) is 27.1 Å². The van der Waals surface area contributed by atoms with Crippen molar-refractivity contribution in [2.75, 3.05) is 5.73 Å². The minimum absolute atomic E-state index is 0.102. The maximum Gasteiger partial charge on any atom is 0.261 e. The first-order valence-electron chi connectivity index (χ1n) is 6.53. The molecule has 0 aliphatic rings. The number of carbonyl (C=O) groups excluding carboxylic acids is 1. The number of aryl methyl sites for hydroxylation is 2. The van der Waals surface area contributed by atoms with Crippen molar-refractivity contribution in [3.05, 3.63) is 46.2 Å². The van der Waals surface area contributed by atoms with Crippen molar-refractivity contribution in [1.29, 1.82) is 0 Å². The summed E-state index contributed by atoms with van der Waals surface area (Å²) in [6, 6.07) is 7.50. The van der Waals surface area contributed by atoms with E-state index in [1.807, 2.05) is 38.1 Å². The minimum Gasteiger partial charge on any atom is -0.399 e. The topological polar surface area (TPSA) is 81.2 Å². The first-order valence-corrected chi connectivity index (χ1v) is 7.35. The van der Waals surface area contributed by atoms with E-state index < -0.39 is 0 Å². The summed E-state index contributed by atoms with van der Waals surface area (Å²) in [5.74, 6) is 0.631. The van der Waals surface area contributed by atoms with Crippen molar-refractivity contribution >= 4 is 33.0 Å². The minimum atomic E-state index is -0.102. The average Bonchev–Trinajstić information content (AvgIpc) is 3.00. The van der Waals surface area contributed by atoms with Gasteiger partial charge in [-0.1, -0.05) is 5.16 Å². The van der Waals surface area contributed by atoms with E-state index in [1.165, 1.54) is 11.3 Å². The Bertz CT molecular complexity index is 800. The van der Waals surface area contributed by atoms with Crippen LogP contribution in [0.5, 0.6) is 0 Å². The van der Waals surface area contributed by atoms with Gasteiger partial charge in [0.15, 0.2) is 0 Å². The number of hydrogen-bond donors (Lipinski definition) is 2. The van der Waals surface area contributed by atoms with Gasteiger partial charge in [-0.25, -0.2) is 0 Å². The van der Waals surface area contributed by atoms with Gasteiger partial charge in [0, 0.05) is 22.5 Å². The number of nitrogens with two attached hydrogens (primary N) is 1. The Labute approximate surface area is 125 Å². The molecule has 0 aliphatic heterocycles. The van der Waals surface area contributed by atoms with Gasteiger partial charge in [-0.2, -0.15) is 0 Å². The van der Waals surface area contributed by atoms with Crippen LogP contribution in [-0.2, 0) is 6.54 Å². The smallest absolute Gasteiger partial charge is 0.261 e. The fourth-order valence-corrected chi connectivity index (χ4v) is 3.14. The van der Waals surface area contributed by atoms with Gasteiger partial charge in [-0.05, 0) is 43.5 Å². The van der Waals surface area contributed by atoms with E-state index in [4.69, 9.17) is 10.3 Å². The summed E-state index contributed by atoms with van der Waals surface area (Å²) in [7, 11) is 0. The number of anilines is 1. The number of aromatic nitrogens is 1. The number of hydrogen-bond acceptors (Lipinski definition) is 5. The molecule has 3 N–H and O–H groups in total. The maximum atomic E-state index is 12.2. The third kappa shape index (κ3) is 2.62. The summed E-state index contributed by atoms with van der Waals surface area (Å²) < 4.78 is 6.13. The van der Waals surface area contributed by atoms with Gasteiger partial charge in [0.25, 0.3) is 5.91 Å². The van der Waals surface area contributed by atoms with Crippen molar-refractivity contribution in [3.63, 3.8) is 0 Å². The first-order chi connectivity index (χ1) is 10.0. The lowest BCUT2D eigenvalue weighted by Crippen LogP contribution is -2.22. The van der Waals surface area contributed by atoms with E-state index in [9.17, 15) is 4.79 Å². The molecule has 0 unspecified atom stereocenters. The third-order valence-electron chi connectivity index (χ3n) is 3.37. The zero-order chi connectivity index (χ0) is 15.0. The zero-order valence-electron chi connectivity index (χ0n) is 11.8. The summed E-state index contributed by atoms with van der Waals surface area (Å²) in [4.78, 5) is 12.9. The lowest BCUT2D eigenvalue weighted by atomic mass is 10.2. The molecule has 21 heavy (non-hydrogen) atoms. The maximum absolute atomic E-state index is 12.2. The van der Waals surface area contributed by atoms with Crippen LogP contribution in [-0.4, -0.2) is 11.1 Å². The van der Waals surface area contributed by atoms with Crippen molar-refractivity contribution in [3.8, 4) is 0 Å². The highest BCUT2D eigenvalue weighted by molar-refractivity contribution is 7.20. The van der Waals surface area contributed by atoms with Crippen LogP contribution in [0, 0.1) is 13.8 Å². The highest BCUT2D eigenvalue weighted by atomic mass is 32.1. The van der Waals surface area contributed by atoms with Crippen LogP contribution in [0.1, 0.15) is 26.7 Å². The van der Waals surface area contributed by atoms with Crippen LogP contribution in [0.2, 0.25) is 0 Å². The van der Waals surface area contributed by atoms with Crippen molar-refractivity contribution in [2.45, 2.75) is 20.4 Å². The molecule has 5 nitrogen and oxygen atoms in total. The van der Waals surface area contributed by atoms with Crippen LogP contribution in [0.25, 0.3) is 10.1 Å². The molecule has 0 saturated heterocycles. The van der Waals surface area contributed by atoms with Gasteiger partial charge < -0.3 is 15.6 Å². The fourth-order valence-electron chi connectivity index (χ4n) is 2.18. The monoisotopic (exact) mass is 301 g/mol. The van der Waals surface area contributed by atoms with E-state index in [1.54, 1.807) is 0 Å². The molecule has 0 bridgehead atoms. The Balaban J connectivity index is 1.78. The largest absolute Gasteiger partial charge is 0.399 e. The molecule has 1 amide bonds. The molecule has 0 fully saturated rings. The predicted molar refractivity (Wildman–Crippen MR) is 83.4 cm³/mol. The number of nitrogens with one attached hydrogen (secondary N) is 1. The Morgan fingerprint density at radius 2 is 2.19 bits per heavy atom. The highest BCUT2D eigenvalue weighted by Gasteiger charge is 2.13. The van der Waals surface area contributed by atoms with Gasteiger partial charge >= 0.3 is 0 Å². The van der Waals surface area contributed by atoms with Gasteiger partial charge in [0.2, 0.25) is 0 Å². The molecule has 2 heterocycles. The molecular weight excluding hydrogens is 286 g/mol. The normalized spacial score (nSPS) is 11.0. The second-order valence-electron chi connectivity index (χ2n) is 4.89. The highest BCUT2D eigenvalue weighted by Crippen LogP contribution is 2.27. The average molecular weight is 301 g/mol. The second-order valence-corrected chi connectivity index (χ2v) is 5.98. The number of carbonyl (C=O) groups is 1. The molecule has 2 aromatic heterocycles. The predicted octanol–water partition coefficient (Wildman–Crippen LogP) is 3.02. The third-order valence-corrected chi connectivity index (χ3v) is 4.49. The molecule has 108 valence electrons. The van der Waals surface area contributed by atoms with Gasteiger partial charge in [0.1, 0.15) is 5.76 Å². The molecule has 1 aromatic carbocycles. The summed E-state index contributed by atoms with van der Waals surface area (Å²) >= 11 is 1.45. The molecule has 6 heteroatoms. The molecular formula is C15H15N3O2S. The number of rotatable bonds is 3. The fraction of sp³-hybridized carbons (Fsp3) is 0.200. The Morgan fingerprint density at radius 1 is 1.38 bits per heavy atom. The summed E-state index contributed by atoms with van der Waals surface area (Å²) in [6.07, 6.45) is 0. The number of nitrogen functional groups attached to an aromatic ring is 1. The summed E-state index contributed by atoms with van der Waals surface area (Å²) in [6.45, 7) is 4.11. The number of thiophene rings is 1. The van der Waals surface area contributed by atoms with Gasteiger partial charge in [0.05, 0.1) is 10.6 Å². The molecule has 0 atom stereocenters. The molecule has 3 aromatic rings. The van der Waals surface area contributed by atoms with Crippen LogP contribution in [0.4, 0.5) is 5.69 Å². The van der Waals surface area contributed by atoms with Crippen LogP contribution in [0.3, 0.4) is 0 Å². The lowest BCUT2D eigenvalue weighted by Gasteiger charge is -2.02. The second kappa shape index (κ2) is 5.21. The van der Waals surface area contributed by atoms with Crippen molar-refractivity contribution < 1.29 is 9.32 Å². The Hall–Kier alpha value is -2.34. The molecule has 0 spiro atoms. The van der Waals surface area contributed by atoms with Crippen LogP contribution >= 0.6 is 11.3 Å². The summed E-state index contributed by atoms with van der Waals surface area (Å²) in [5.41, 5.74) is 8.18. The standard InChI is InChI=1S/C15H15N3O2S/c1-8-12(9(2)20-18-8)7-17-15(19)14-6-10-5-11(16)3-4-13(10)21-14/h3-6H,7,16H2,1-2H3,(H,17,19). The lowest BCUT2D eigenvalue weighted by molar-refractivity contribution is 0.0955. The van der Waals surface area contributed by atoms with Gasteiger partial charge in [-0.3, -0.25) is 4.79 Å². The number of nitrogens with zero attached hydrogens (tertiary/aromatic N) is 1. The molecule has 0 saturated carbocycles. The molecule has 0 radical (unpaired) electrons. The van der Waals surface area contributed by atoms with E-state index in [-0.39, 0.29) is 5.91 Å². The van der Waals surface area contributed by atoms with E-state index in [0.29, 0.717) is 17.1 Å². The van der Waals surface area contributed by atoms with E-state index in [2.05, 4.69) is 10.5 Å². The quantitative estimate of drug-likeness (QED) is 0.729. The zero-order valence-corrected chi connectivity index (χ0v) is 12.6. The molecule has 3 rings (SSSR count). The van der Waals surface area contributed by atoms with Gasteiger partial charge in [-0.15, -0.1) is 11.3 Å². The summed E-state index contributed by atoms with van der Waals surface area (Å²) in [5, 5.41) is 7.76. The van der Waals surface area contributed by atoms with Crippen LogP contribution < -0.4 is 11.1 Å². The Kier molecular flexibility index (Phi) is 3.39.